The molecule has 3 aromatic carbocycles. The highest BCUT2D eigenvalue weighted by Gasteiger charge is 2.67. The molecule has 1 heterocycles. The lowest BCUT2D eigenvalue weighted by molar-refractivity contribution is -0.117. The van der Waals surface area contributed by atoms with Gasteiger partial charge in [0.1, 0.15) is 4.33 Å². The predicted octanol–water partition coefficient (Wildman–Crippen LogP) is 7.91. The Hall–Kier alpha value is -2.41. The minimum Gasteiger partial charge on any atom is -0.359 e. The number of halogens is 5. The number of H-pyrrole nitrogens is 1. The maximum atomic E-state index is 13.0. The van der Waals surface area contributed by atoms with Crippen molar-refractivity contribution >= 4 is 92.1 Å². The molecule has 1 aliphatic carbocycles. The molecule has 4 aromatic rings. The molecule has 178 valence electrons. The molecule has 0 radical (unpaired) electrons. The highest BCUT2D eigenvalue weighted by atomic mass is 35.5. The summed E-state index contributed by atoms with van der Waals surface area (Å²) in [5.41, 5.74) is 2.65. The number of benzene rings is 3. The third kappa shape index (κ3) is 4.72. The van der Waals surface area contributed by atoms with Crippen LogP contribution >= 0.6 is 58.0 Å². The molecule has 1 fully saturated rings. The number of anilines is 2. The molecule has 10 heteroatoms. The van der Waals surface area contributed by atoms with Crippen molar-refractivity contribution in [3.8, 4) is 0 Å². The molecule has 0 aliphatic heterocycles. The highest BCUT2D eigenvalue weighted by Crippen LogP contribution is 2.65. The van der Waals surface area contributed by atoms with E-state index in [9.17, 15) is 9.59 Å². The molecule has 2 amide bonds. The van der Waals surface area contributed by atoms with Gasteiger partial charge in [-0.25, -0.2) is 0 Å². The first kappa shape index (κ1) is 24.3. The van der Waals surface area contributed by atoms with E-state index in [1.165, 1.54) is 12.1 Å². The molecule has 0 unspecified atom stereocenters. The third-order valence-electron chi connectivity index (χ3n) is 5.89. The topological polar surface area (TPSA) is 74.0 Å². The molecule has 1 aliphatic rings. The van der Waals surface area contributed by atoms with Crippen LogP contribution < -0.4 is 10.6 Å². The molecule has 1 aromatic heterocycles. The van der Waals surface area contributed by atoms with E-state index in [1.807, 2.05) is 18.2 Å². The molecule has 5 nitrogen and oxygen atoms in total. The zero-order chi connectivity index (χ0) is 24.9. The van der Waals surface area contributed by atoms with Gasteiger partial charge in [0.25, 0.3) is 5.91 Å². The number of carbonyl (C=O) groups excluding carboxylic acids is 2. The summed E-state index contributed by atoms with van der Waals surface area (Å²) in [5.74, 6) is -2.05. The maximum absolute atomic E-state index is 13.0. The van der Waals surface area contributed by atoms with Gasteiger partial charge in [-0.15, -0.1) is 23.2 Å². The molecule has 0 bridgehead atoms. The average molecular weight is 568 g/mol. The standard InChI is InChI=1S/C25H16Cl5N3O2/c26-14-8-13(9-15(27)10-14)20-21(25(20,29)30)24(35)32-16-4-5-18(28)17(11-16)23(34)33-19-3-1-2-12-6-7-31-22(12)19/h1-11,20-21,31H,(H,32,35)(H,33,34)/t20-,21+/m0/s1. The minimum absolute atomic E-state index is 0.199. The van der Waals surface area contributed by atoms with Gasteiger partial charge in [0.2, 0.25) is 5.91 Å². The van der Waals surface area contributed by atoms with Crippen molar-refractivity contribution in [1.29, 1.82) is 0 Å². The Kier molecular flexibility index (Phi) is 6.41. The van der Waals surface area contributed by atoms with Crippen LogP contribution in [0.2, 0.25) is 15.1 Å². The summed E-state index contributed by atoms with van der Waals surface area (Å²) in [6.45, 7) is 0. The second-order valence-electron chi connectivity index (χ2n) is 8.22. The Labute approximate surface area is 225 Å². The SMILES string of the molecule is O=C(Nc1cccc2cc[nH]c12)c1cc(NC(=O)[C@H]2[C@H](c3cc(Cl)cc(Cl)c3)C2(Cl)Cl)ccc1Cl. The summed E-state index contributed by atoms with van der Waals surface area (Å²) >= 11 is 31.4. The number of amides is 2. The first-order chi connectivity index (χ1) is 16.6. The van der Waals surface area contributed by atoms with Crippen molar-refractivity contribution < 1.29 is 9.59 Å². The Bertz CT molecular complexity index is 1460. The number of alkyl halides is 2. The second-order valence-corrected chi connectivity index (χ2v) is 10.9. The van der Waals surface area contributed by atoms with Crippen LogP contribution in [0, 0.1) is 5.92 Å². The first-order valence-corrected chi connectivity index (χ1v) is 12.4. The van der Waals surface area contributed by atoms with E-state index in [4.69, 9.17) is 58.0 Å². The zero-order valence-electron chi connectivity index (χ0n) is 17.7. The van der Waals surface area contributed by atoms with E-state index < -0.39 is 28.0 Å². The smallest absolute Gasteiger partial charge is 0.257 e. The van der Waals surface area contributed by atoms with Crippen molar-refractivity contribution in [2.75, 3.05) is 10.6 Å². The number of hydrogen-bond acceptors (Lipinski definition) is 2. The third-order valence-corrected chi connectivity index (χ3v) is 7.60. The Balaban J connectivity index is 1.35. The monoisotopic (exact) mass is 565 g/mol. The number of carbonyl (C=O) groups is 2. The van der Waals surface area contributed by atoms with Crippen LogP contribution in [0.15, 0.2) is 66.9 Å². The Morgan fingerprint density at radius 1 is 0.886 bits per heavy atom. The normalized spacial score (nSPS) is 18.3. The zero-order valence-corrected chi connectivity index (χ0v) is 21.5. The van der Waals surface area contributed by atoms with Gasteiger partial charge in [-0.05, 0) is 54.1 Å². The summed E-state index contributed by atoms with van der Waals surface area (Å²) in [6, 6.07) is 17.1. The molecule has 1 saturated carbocycles. The van der Waals surface area contributed by atoms with Crippen molar-refractivity contribution in [2.45, 2.75) is 10.3 Å². The Morgan fingerprint density at radius 3 is 2.37 bits per heavy atom. The highest BCUT2D eigenvalue weighted by molar-refractivity contribution is 6.53. The van der Waals surface area contributed by atoms with E-state index in [0.717, 1.165) is 10.9 Å². The summed E-state index contributed by atoms with van der Waals surface area (Å²) < 4.78 is -1.32. The van der Waals surface area contributed by atoms with E-state index in [-0.39, 0.29) is 10.6 Å². The van der Waals surface area contributed by atoms with Crippen LogP contribution in [0.5, 0.6) is 0 Å². The predicted molar refractivity (Wildman–Crippen MR) is 143 cm³/mol. The molecular weight excluding hydrogens is 552 g/mol. The molecule has 0 spiro atoms. The number of rotatable bonds is 5. The van der Waals surface area contributed by atoms with E-state index in [2.05, 4.69) is 15.6 Å². The van der Waals surface area contributed by atoms with Gasteiger partial charge in [0.05, 0.1) is 27.7 Å². The van der Waals surface area contributed by atoms with Crippen molar-refractivity contribution in [3.05, 3.63) is 93.1 Å². The Morgan fingerprint density at radius 2 is 1.63 bits per heavy atom. The van der Waals surface area contributed by atoms with Gasteiger partial charge in [0.15, 0.2) is 0 Å². The van der Waals surface area contributed by atoms with E-state index in [1.54, 1.807) is 36.5 Å². The lowest BCUT2D eigenvalue weighted by Crippen LogP contribution is -2.18. The first-order valence-electron chi connectivity index (χ1n) is 10.5. The van der Waals surface area contributed by atoms with Crippen LogP contribution in [0.4, 0.5) is 11.4 Å². The van der Waals surface area contributed by atoms with Gasteiger partial charge in [-0.3, -0.25) is 9.59 Å². The largest absolute Gasteiger partial charge is 0.359 e. The van der Waals surface area contributed by atoms with E-state index >= 15 is 0 Å². The lowest BCUT2D eigenvalue weighted by atomic mass is 10.1. The number of para-hydroxylation sites is 1. The van der Waals surface area contributed by atoms with Crippen LogP contribution in [0.25, 0.3) is 10.9 Å². The number of fused-ring (bicyclic) bond motifs is 1. The van der Waals surface area contributed by atoms with Gasteiger partial charge in [-0.1, -0.05) is 46.9 Å². The maximum Gasteiger partial charge on any atom is 0.257 e. The second kappa shape index (κ2) is 9.23. The van der Waals surface area contributed by atoms with Gasteiger partial charge >= 0.3 is 0 Å². The minimum atomic E-state index is -1.32. The number of aromatic nitrogens is 1. The summed E-state index contributed by atoms with van der Waals surface area (Å²) in [6.07, 6.45) is 1.79. The van der Waals surface area contributed by atoms with Gasteiger partial charge < -0.3 is 15.6 Å². The van der Waals surface area contributed by atoms with Crippen LogP contribution in [0.1, 0.15) is 21.8 Å². The lowest BCUT2D eigenvalue weighted by Gasteiger charge is -2.11. The molecule has 35 heavy (non-hydrogen) atoms. The number of hydrogen-bond donors (Lipinski definition) is 3. The summed E-state index contributed by atoms with van der Waals surface area (Å²) in [7, 11) is 0. The quantitative estimate of drug-likeness (QED) is 0.215. The van der Waals surface area contributed by atoms with Crippen molar-refractivity contribution in [1.82, 2.24) is 4.98 Å². The fourth-order valence-corrected chi connectivity index (χ4v) is 5.77. The summed E-state index contributed by atoms with van der Waals surface area (Å²) in [4.78, 5) is 29.1. The molecular formula is C25H16Cl5N3O2. The molecule has 5 rings (SSSR count). The van der Waals surface area contributed by atoms with Crippen LogP contribution in [-0.2, 0) is 4.79 Å². The van der Waals surface area contributed by atoms with Crippen molar-refractivity contribution in [2.24, 2.45) is 5.92 Å². The van der Waals surface area contributed by atoms with E-state index in [0.29, 0.717) is 27.0 Å². The van der Waals surface area contributed by atoms with Gasteiger partial charge in [-0.2, -0.15) is 0 Å². The molecule has 0 saturated heterocycles. The van der Waals surface area contributed by atoms with Crippen LogP contribution in [0.3, 0.4) is 0 Å². The van der Waals surface area contributed by atoms with Gasteiger partial charge in [0, 0.05) is 33.2 Å². The molecule has 2 atom stereocenters. The van der Waals surface area contributed by atoms with Crippen LogP contribution in [-0.4, -0.2) is 21.1 Å². The summed E-state index contributed by atoms with van der Waals surface area (Å²) in [5, 5.41) is 7.68. The fraction of sp³-hybridized carbons (Fsp3) is 0.120. The number of nitrogens with one attached hydrogen (secondary N) is 3. The average Bonchev–Trinajstić information content (AvgIpc) is 3.12. The fourth-order valence-electron chi connectivity index (χ4n) is 4.20. The number of aromatic amines is 1. The van der Waals surface area contributed by atoms with Crippen molar-refractivity contribution in [3.63, 3.8) is 0 Å². The molecule has 3 N–H and O–H groups in total.